The lowest BCUT2D eigenvalue weighted by Crippen LogP contribution is -2.15. The van der Waals surface area contributed by atoms with Gasteiger partial charge in [0.15, 0.2) is 0 Å². The molecule has 6 heteroatoms. The summed E-state index contributed by atoms with van der Waals surface area (Å²) in [5.41, 5.74) is 2.07. The highest BCUT2D eigenvalue weighted by Crippen LogP contribution is 2.10. The molecule has 0 aliphatic carbocycles. The molecular formula is C10H13N5O. The summed E-state index contributed by atoms with van der Waals surface area (Å²) in [4.78, 5) is 5.07. The lowest BCUT2D eigenvalue weighted by molar-refractivity contribution is -0.116. The van der Waals surface area contributed by atoms with Gasteiger partial charge in [-0.3, -0.25) is 0 Å². The van der Waals surface area contributed by atoms with E-state index in [-0.39, 0.29) is 0 Å². The molecule has 2 aromatic rings. The van der Waals surface area contributed by atoms with E-state index >= 15 is 0 Å². The van der Waals surface area contributed by atoms with Gasteiger partial charge in [-0.2, -0.15) is 5.06 Å². The zero-order valence-corrected chi connectivity index (χ0v) is 9.24. The van der Waals surface area contributed by atoms with Crippen LogP contribution in [0.1, 0.15) is 5.56 Å². The van der Waals surface area contributed by atoms with Gasteiger partial charge in [0, 0.05) is 13.6 Å². The van der Waals surface area contributed by atoms with Crippen LogP contribution in [0.25, 0.3) is 5.69 Å². The van der Waals surface area contributed by atoms with Crippen molar-refractivity contribution in [1.82, 2.24) is 25.3 Å². The molecular weight excluding hydrogens is 206 g/mol. The number of tetrazole rings is 1. The highest BCUT2D eigenvalue weighted by Gasteiger charge is 2.02. The van der Waals surface area contributed by atoms with Crippen LogP contribution in [0.3, 0.4) is 0 Å². The zero-order chi connectivity index (χ0) is 11.4. The Morgan fingerprint density at radius 1 is 1.44 bits per heavy atom. The predicted molar refractivity (Wildman–Crippen MR) is 57.6 cm³/mol. The fourth-order valence-electron chi connectivity index (χ4n) is 1.40. The van der Waals surface area contributed by atoms with Crippen molar-refractivity contribution in [2.45, 2.75) is 6.54 Å². The molecule has 84 valence electrons. The molecule has 0 atom stereocenters. The summed E-state index contributed by atoms with van der Waals surface area (Å²) in [6, 6.07) is 7.97. The summed E-state index contributed by atoms with van der Waals surface area (Å²) in [7, 11) is 3.52. The van der Waals surface area contributed by atoms with Crippen LogP contribution in [0, 0.1) is 0 Å². The first-order chi connectivity index (χ1) is 7.79. The van der Waals surface area contributed by atoms with E-state index in [1.54, 1.807) is 23.2 Å². The van der Waals surface area contributed by atoms with Crippen LogP contribution in [-0.2, 0) is 11.4 Å². The second-order valence-electron chi connectivity index (χ2n) is 3.39. The first-order valence-electron chi connectivity index (χ1n) is 4.87. The Labute approximate surface area is 93.4 Å². The van der Waals surface area contributed by atoms with E-state index in [2.05, 4.69) is 15.5 Å². The molecule has 0 spiro atoms. The van der Waals surface area contributed by atoms with Gasteiger partial charge in [-0.1, -0.05) is 12.1 Å². The van der Waals surface area contributed by atoms with Gasteiger partial charge in [0.2, 0.25) is 0 Å². The molecule has 0 aliphatic heterocycles. The van der Waals surface area contributed by atoms with Crippen molar-refractivity contribution < 1.29 is 4.84 Å². The van der Waals surface area contributed by atoms with Gasteiger partial charge in [0.05, 0.1) is 12.8 Å². The Morgan fingerprint density at radius 3 is 3.00 bits per heavy atom. The van der Waals surface area contributed by atoms with Crippen molar-refractivity contribution >= 4 is 0 Å². The van der Waals surface area contributed by atoms with Gasteiger partial charge in [-0.05, 0) is 28.1 Å². The van der Waals surface area contributed by atoms with E-state index < -0.39 is 0 Å². The molecule has 0 bridgehead atoms. The van der Waals surface area contributed by atoms with Gasteiger partial charge < -0.3 is 4.84 Å². The largest absolute Gasteiger partial charge is 0.302 e. The first-order valence-corrected chi connectivity index (χ1v) is 4.87. The van der Waals surface area contributed by atoms with Crippen LogP contribution in [0.2, 0.25) is 0 Å². The second kappa shape index (κ2) is 4.82. The Balaban J connectivity index is 2.20. The normalized spacial score (nSPS) is 10.9. The molecule has 0 unspecified atom stereocenters. The summed E-state index contributed by atoms with van der Waals surface area (Å²) in [6.45, 7) is 0.715. The molecule has 6 nitrogen and oxygen atoms in total. The number of aromatic nitrogens is 4. The van der Waals surface area contributed by atoms with Crippen LogP contribution in [0.4, 0.5) is 0 Å². The number of nitrogens with zero attached hydrogens (tertiary/aromatic N) is 5. The Hall–Kier alpha value is -1.79. The van der Waals surface area contributed by atoms with Crippen molar-refractivity contribution in [3.8, 4) is 5.69 Å². The second-order valence-corrected chi connectivity index (χ2v) is 3.39. The average molecular weight is 219 g/mol. The van der Waals surface area contributed by atoms with Crippen LogP contribution in [0.5, 0.6) is 0 Å². The van der Waals surface area contributed by atoms with Crippen molar-refractivity contribution in [3.63, 3.8) is 0 Å². The number of hydrogen-bond donors (Lipinski definition) is 0. The van der Waals surface area contributed by atoms with Crippen LogP contribution in [-0.4, -0.2) is 39.4 Å². The Morgan fingerprint density at radius 2 is 2.31 bits per heavy atom. The Bertz CT molecular complexity index is 442. The lowest BCUT2D eigenvalue weighted by Gasteiger charge is -2.13. The van der Waals surface area contributed by atoms with Crippen molar-refractivity contribution in [2.75, 3.05) is 14.2 Å². The zero-order valence-electron chi connectivity index (χ0n) is 9.24. The first kappa shape index (κ1) is 10.7. The quantitative estimate of drug-likeness (QED) is 0.707. The molecule has 0 saturated heterocycles. The van der Waals surface area contributed by atoms with Crippen LogP contribution < -0.4 is 0 Å². The number of rotatable bonds is 4. The topological polar surface area (TPSA) is 56.1 Å². The lowest BCUT2D eigenvalue weighted by atomic mass is 10.2. The molecule has 1 aromatic heterocycles. The third-order valence-corrected chi connectivity index (χ3v) is 2.24. The summed E-state index contributed by atoms with van der Waals surface area (Å²) >= 11 is 0. The summed E-state index contributed by atoms with van der Waals surface area (Å²) in [5, 5.41) is 12.8. The third-order valence-electron chi connectivity index (χ3n) is 2.24. The summed E-state index contributed by atoms with van der Waals surface area (Å²) in [5.74, 6) is 0. The SMILES string of the molecule is CON(C)Cc1cccc(-n2cnnn2)c1. The number of hydrogen-bond acceptors (Lipinski definition) is 5. The van der Waals surface area contributed by atoms with E-state index in [9.17, 15) is 0 Å². The monoisotopic (exact) mass is 219 g/mol. The van der Waals surface area contributed by atoms with Gasteiger partial charge in [0.25, 0.3) is 0 Å². The highest BCUT2D eigenvalue weighted by molar-refractivity contribution is 5.34. The van der Waals surface area contributed by atoms with Gasteiger partial charge in [-0.15, -0.1) is 5.10 Å². The molecule has 2 rings (SSSR count). The smallest absolute Gasteiger partial charge is 0.143 e. The van der Waals surface area contributed by atoms with E-state index in [0.717, 1.165) is 11.3 Å². The van der Waals surface area contributed by atoms with Crippen molar-refractivity contribution in [3.05, 3.63) is 36.2 Å². The Kier molecular flexibility index (Phi) is 3.23. The summed E-state index contributed by atoms with van der Waals surface area (Å²) in [6.07, 6.45) is 1.57. The fraction of sp³-hybridized carbons (Fsp3) is 0.300. The molecule has 0 aliphatic rings. The third kappa shape index (κ3) is 2.41. The molecule has 0 fully saturated rings. The predicted octanol–water partition coefficient (Wildman–Crippen LogP) is 0.655. The number of hydroxylamine groups is 2. The minimum absolute atomic E-state index is 0.715. The summed E-state index contributed by atoms with van der Waals surface area (Å²) < 4.78 is 1.62. The van der Waals surface area contributed by atoms with Gasteiger partial charge >= 0.3 is 0 Å². The van der Waals surface area contributed by atoms with Crippen LogP contribution in [0.15, 0.2) is 30.6 Å². The minimum Gasteiger partial charge on any atom is -0.302 e. The molecule has 0 radical (unpaired) electrons. The average Bonchev–Trinajstić information content (AvgIpc) is 2.83. The van der Waals surface area contributed by atoms with E-state index in [4.69, 9.17) is 4.84 Å². The number of benzene rings is 1. The molecule has 1 aromatic carbocycles. The molecule has 0 N–H and O–H groups in total. The molecule has 0 amide bonds. The highest BCUT2D eigenvalue weighted by atomic mass is 16.7. The van der Waals surface area contributed by atoms with Gasteiger partial charge in [0.1, 0.15) is 6.33 Å². The minimum atomic E-state index is 0.715. The maximum absolute atomic E-state index is 5.07. The van der Waals surface area contributed by atoms with E-state index in [1.165, 1.54) is 0 Å². The maximum Gasteiger partial charge on any atom is 0.143 e. The maximum atomic E-state index is 5.07. The van der Waals surface area contributed by atoms with Crippen LogP contribution >= 0.6 is 0 Å². The van der Waals surface area contributed by atoms with Crippen molar-refractivity contribution in [1.29, 1.82) is 0 Å². The van der Waals surface area contributed by atoms with Crippen molar-refractivity contribution in [2.24, 2.45) is 0 Å². The fourth-order valence-corrected chi connectivity index (χ4v) is 1.40. The standard InChI is InChI=1S/C10H13N5O/c1-14(16-2)7-9-4-3-5-10(6-9)15-8-11-12-13-15/h3-6,8H,7H2,1-2H3. The van der Waals surface area contributed by atoms with E-state index in [0.29, 0.717) is 6.54 Å². The molecule has 1 heterocycles. The van der Waals surface area contributed by atoms with Gasteiger partial charge in [-0.25, -0.2) is 4.68 Å². The molecule has 16 heavy (non-hydrogen) atoms. The molecule has 0 saturated carbocycles. The van der Waals surface area contributed by atoms with E-state index in [1.807, 2.05) is 31.3 Å².